The molecular formula is C14H14FNO2. The van der Waals surface area contributed by atoms with E-state index in [1.54, 1.807) is 44.3 Å². The van der Waals surface area contributed by atoms with Gasteiger partial charge in [0.05, 0.1) is 6.10 Å². The molecule has 4 heteroatoms. The molecule has 0 unspecified atom stereocenters. The molecule has 1 aromatic heterocycles. The Labute approximate surface area is 105 Å². The van der Waals surface area contributed by atoms with Gasteiger partial charge in [0.15, 0.2) is 0 Å². The summed E-state index contributed by atoms with van der Waals surface area (Å²) in [6.45, 7) is 3.34. The summed E-state index contributed by atoms with van der Waals surface area (Å²) in [5, 5.41) is 9.35. The fourth-order valence-electron chi connectivity index (χ4n) is 1.50. The molecule has 0 saturated carbocycles. The Morgan fingerprint density at radius 2 is 2.06 bits per heavy atom. The van der Waals surface area contributed by atoms with Crippen molar-refractivity contribution in [3.8, 4) is 11.6 Å². The number of ether oxygens (including phenoxy) is 1. The molecule has 1 atom stereocenters. The molecule has 1 aromatic carbocycles. The number of hydrogen-bond acceptors (Lipinski definition) is 3. The number of halogens is 1. The van der Waals surface area contributed by atoms with E-state index in [9.17, 15) is 9.50 Å². The molecule has 0 spiro atoms. The van der Waals surface area contributed by atoms with E-state index in [0.717, 1.165) is 5.56 Å². The largest absolute Gasteiger partial charge is 0.439 e. The van der Waals surface area contributed by atoms with Crippen LogP contribution in [0.3, 0.4) is 0 Å². The maximum Gasteiger partial charge on any atom is 0.219 e. The van der Waals surface area contributed by atoms with Gasteiger partial charge in [-0.3, -0.25) is 0 Å². The second-order valence-electron chi connectivity index (χ2n) is 4.12. The van der Waals surface area contributed by atoms with E-state index in [2.05, 4.69) is 4.98 Å². The molecule has 0 amide bonds. The Balaban J connectivity index is 2.15. The van der Waals surface area contributed by atoms with Gasteiger partial charge in [0.2, 0.25) is 5.88 Å². The van der Waals surface area contributed by atoms with Crippen LogP contribution in [0.15, 0.2) is 36.5 Å². The maximum atomic E-state index is 13.1. The summed E-state index contributed by atoms with van der Waals surface area (Å²) < 4.78 is 18.6. The minimum Gasteiger partial charge on any atom is -0.439 e. The molecular weight excluding hydrogens is 233 g/mol. The molecule has 94 valence electrons. The van der Waals surface area contributed by atoms with Crippen LogP contribution in [0.2, 0.25) is 0 Å². The number of aliphatic hydroxyl groups is 1. The zero-order valence-electron chi connectivity index (χ0n) is 10.2. The summed E-state index contributed by atoms with van der Waals surface area (Å²) in [4.78, 5) is 4.07. The van der Waals surface area contributed by atoms with Gasteiger partial charge >= 0.3 is 0 Å². The molecule has 2 aromatic rings. The minimum atomic E-state index is -0.556. The highest BCUT2D eigenvalue weighted by Gasteiger charge is 2.04. The van der Waals surface area contributed by atoms with Crippen molar-refractivity contribution in [2.45, 2.75) is 20.0 Å². The van der Waals surface area contributed by atoms with Crippen LogP contribution < -0.4 is 4.74 Å². The van der Waals surface area contributed by atoms with Crippen LogP contribution in [0.4, 0.5) is 4.39 Å². The van der Waals surface area contributed by atoms with Gasteiger partial charge in [-0.1, -0.05) is 0 Å². The van der Waals surface area contributed by atoms with Gasteiger partial charge in [-0.2, -0.15) is 0 Å². The fraction of sp³-hybridized carbons (Fsp3) is 0.214. The van der Waals surface area contributed by atoms with E-state index in [1.807, 2.05) is 0 Å². The maximum absolute atomic E-state index is 13.1. The summed E-state index contributed by atoms with van der Waals surface area (Å²) in [7, 11) is 0. The molecule has 1 heterocycles. The fourth-order valence-corrected chi connectivity index (χ4v) is 1.50. The predicted octanol–water partition coefficient (Wildman–Crippen LogP) is 3.37. The van der Waals surface area contributed by atoms with Crippen molar-refractivity contribution in [3.63, 3.8) is 0 Å². The molecule has 18 heavy (non-hydrogen) atoms. The normalized spacial score (nSPS) is 12.2. The smallest absolute Gasteiger partial charge is 0.219 e. The van der Waals surface area contributed by atoms with Crippen molar-refractivity contribution in [3.05, 3.63) is 53.5 Å². The number of aromatic nitrogens is 1. The van der Waals surface area contributed by atoms with E-state index in [0.29, 0.717) is 17.2 Å². The molecule has 0 aliphatic rings. The number of aryl methyl sites for hydroxylation is 1. The number of aliphatic hydroxyl groups excluding tert-OH is 1. The zero-order valence-corrected chi connectivity index (χ0v) is 10.2. The monoisotopic (exact) mass is 247 g/mol. The number of rotatable bonds is 3. The highest BCUT2D eigenvalue weighted by Crippen LogP contribution is 2.22. The summed E-state index contributed by atoms with van der Waals surface area (Å²) in [6.07, 6.45) is 0.996. The molecule has 0 saturated heterocycles. The van der Waals surface area contributed by atoms with Gasteiger partial charge in [0.25, 0.3) is 0 Å². The van der Waals surface area contributed by atoms with Gasteiger partial charge in [0, 0.05) is 12.3 Å². The van der Waals surface area contributed by atoms with Crippen LogP contribution in [-0.4, -0.2) is 10.1 Å². The van der Waals surface area contributed by atoms with Crippen LogP contribution in [0.1, 0.15) is 24.2 Å². The average molecular weight is 247 g/mol. The van der Waals surface area contributed by atoms with Crippen LogP contribution in [0.25, 0.3) is 0 Å². The molecule has 2 rings (SSSR count). The molecule has 0 bridgehead atoms. The van der Waals surface area contributed by atoms with Crippen molar-refractivity contribution in [1.29, 1.82) is 0 Å². The summed E-state index contributed by atoms with van der Waals surface area (Å²) in [5.74, 6) is 0.677. The second-order valence-corrected chi connectivity index (χ2v) is 4.12. The van der Waals surface area contributed by atoms with Crippen LogP contribution in [0.5, 0.6) is 11.6 Å². The Morgan fingerprint density at radius 3 is 2.61 bits per heavy atom. The third-order valence-corrected chi connectivity index (χ3v) is 2.59. The van der Waals surface area contributed by atoms with E-state index in [-0.39, 0.29) is 5.82 Å². The van der Waals surface area contributed by atoms with E-state index >= 15 is 0 Å². The first-order valence-electron chi connectivity index (χ1n) is 5.64. The molecule has 0 aliphatic heterocycles. The highest BCUT2D eigenvalue weighted by molar-refractivity contribution is 5.32. The van der Waals surface area contributed by atoms with E-state index < -0.39 is 6.10 Å². The molecule has 0 aliphatic carbocycles. The Bertz CT molecular complexity index is 538. The van der Waals surface area contributed by atoms with Crippen molar-refractivity contribution < 1.29 is 14.2 Å². The zero-order chi connectivity index (χ0) is 13.1. The minimum absolute atomic E-state index is 0.264. The van der Waals surface area contributed by atoms with Crippen molar-refractivity contribution in [2.75, 3.05) is 0 Å². The van der Waals surface area contributed by atoms with Crippen molar-refractivity contribution in [2.24, 2.45) is 0 Å². The van der Waals surface area contributed by atoms with E-state index in [4.69, 9.17) is 4.74 Å². The Morgan fingerprint density at radius 1 is 1.28 bits per heavy atom. The number of hydrogen-bond donors (Lipinski definition) is 1. The summed E-state index contributed by atoms with van der Waals surface area (Å²) in [5.41, 5.74) is 1.24. The first-order valence-corrected chi connectivity index (χ1v) is 5.64. The van der Waals surface area contributed by atoms with Gasteiger partial charge in [-0.25, -0.2) is 9.37 Å². The third-order valence-electron chi connectivity index (χ3n) is 2.59. The Kier molecular flexibility index (Phi) is 3.58. The van der Waals surface area contributed by atoms with E-state index in [1.165, 1.54) is 6.07 Å². The number of pyridine rings is 1. The average Bonchev–Trinajstić information content (AvgIpc) is 2.34. The van der Waals surface area contributed by atoms with Crippen LogP contribution >= 0.6 is 0 Å². The van der Waals surface area contributed by atoms with Crippen LogP contribution in [-0.2, 0) is 0 Å². The standard InChI is InChI=1S/C14H14FNO2/c1-9-7-12(4-5-13(9)15)18-14-6-3-11(8-16-14)10(2)17/h3-8,10,17H,1-2H3/t10-/m0/s1. The molecule has 0 radical (unpaired) electrons. The lowest BCUT2D eigenvalue weighted by molar-refractivity contribution is 0.198. The second kappa shape index (κ2) is 5.14. The summed E-state index contributed by atoms with van der Waals surface area (Å²) >= 11 is 0. The van der Waals surface area contributed by atoms with Gasteiger partial charge in [-0.05, 0) is 49.2 Å². The summed E-state index contributed by atoms with van der Waals surface area (Å²) in [6, 6.07) is 7.92. The Hall–Kier alpha value is -1.94. The number of benzene rings is 1. The van der Waals surface area contributed by atoms with Crippen molar-refractivity contribution in [1.82, 2.24) is 4.98 Å². The first kappa shape index (κ1) is 12.5. The number of nitrogens with zero attached hydrogens (tertiary/aromatic N) is 1. The quantitative estimate of drug-likeness (QED) is 0.904. The third kappa shape index (κ3) is 2.84. The highest BCUT2D eigenvalue weighted by atomic mass is 19.1. The molecule has 0 fully saturated rings. The van der Waals surface area contributed by atoms with Crippen LogP contribution in [0, 0.1) is 12.7 Å². The van der Waals surface area contributed by atoms with Gasteiger partial charge < -0.3 is 9.84 Å². The predicted molar refractivity (Wildman–Crippen MR) is 66.1 cm³/mol. The molecule has 3 nitrogen and oxygen atoms in total. The van der Waals surface area contributed by atoms with Crippen molar-refractivity contribution >= 4 is 0 Å². The lowest BCUT2D eigenvalue weighted by Crippen LogP contribution is -1.94. The first-order chi connectivity index (χ1) is 8.56. The van der Waals surface area contributed by atoms with Gasteiger partial charge in [0.1, 0.15) is 11.6 Å². The lowest BCUT2D eigenvalue weighted by atomic mass is 10.2. The lowest BCUT2D eigenvalue weighted by Gasteiger charge is -2.08. The topological polar surface area (TPSA) is 42.4 Å². The van der Waals surface area contributed by atoms with Gasteiger partial charge in [-0.15, -0.1) is 0 Å². The SMILES string of the molecule is Cc1cc(Oc2ccc([C@H](C)O)cn2)ccc1F. The molecule has 1 N–H and O–H groups in total.